The average Bonchev–Trinajstić information content (AvgIpc) is 2.65. The number of nitrogens with zero attached hydrogens (tertiary/aromatic N) is 2. The summed E-state index contributed by atoms with van der Waals surface area (Å²) < 4.78 is 14.3. The highest BCUT2D eigenvalue weighted by molar-refractivity contribution is 5.94. The van der Waals surface area contributed by atoms with Gasteiger partial charge in [-0.1, -0.05) is 0 Å². The first-order valence-corrected chi connectivity index (χ1v) is 4.49. The Bertz CT molecular complexity index is 488. The van der Waals surface area contributed by atoms with Crippen LogP contribution in [0, 0.1) is 5.95 Å². The molecule has 0 amide bonds. The van der Waals surface area contributed by atoms with E-state index in [0.717, 1.165) is 0 Å². The molecule has 15 heavy (non-hydrogen) atoms. The molecule has 1 aromatic carbocycles. The van der Waals surface area contributed by atoms with Crippen molar-refractivity contribution < 1.29 is 9.18 Å². The van der Waals surface area contributed by atoms with Crippen LogP contribution in [0.3, 0.4) is 0 Å². The molecule has 0 aliphatic heterocycles. The molecule has 0 fully saturated rings. The van der Waals surface area contributed by atoms with E-state index in [1.54, 1.807) is 24.3 Å². The Labute approximate surface area is 86.2 Å². The summed E-state index contributed by atoms with van der Waals surface area (Å²) in [5.41, 5.74) is 1.20. The number of aromatic nitrogens is 2. The van der Waals surface area contributed by atoms with E-state index in [4.69, 9.17) is 0 Å². The molecule has 0 aliphatic rings. The number of Topliss-reactive ketones (excluding diaryl/α,β-unsaturated/α-hetero) is 1. The number of hydrogen-bond acceptors (Lipinski definition) is 2. The molecule has 0 aliphatic carbocycles. The van der Waals surface area contributed by atoms with E-state index >= 15 is 0 Å². The Kier molecular flexibility index (Phi) is 2.33. The number of rotatable bonds is 2. The quantitative estimate of drug-likeness (QED) is 0.703. The molecular formula is C11H9FN2O. The number of carbonyl (C=O) groups excluding carboxylic acids is 1. The van der Waals surface area contributed by atoms with Gasteiger partial charge in [0.05, 0.1) is 11.9 Å². The minimum Gasteiger partial charge on any atom is -0.295 e. The van der Waals surface area contributed by atoms with Gasteiger partial charge < -0.3 is 0 Å². The highest BCUT2D eigenvalue weighted by Crippen LogP contribution is 2.11. The second-order valence-electron chi connectivity index (χ2n) is 3.17. The molecule has 0 atom stereocenters. The molecule has 1 aromatic heterocycles. The second kappa shape index (κ2) is 3.65. The third kappa shape index (κ3) is 1.79. The van der Waals surface area contributed by atoms with Crippen molar-refractivity contribution in [2.45, 2.75) is 6.92 Å². The molecular weight excluding hydrogens is 195 g/mol. The van der Waals surface area contributed by atoms with Crippen LogP contribution < -0.4 is 0 Å². The van der Waals surface area contributed by atoms with E-state index in [1.165, 1.54) is 23.9 Å². The molecule has 0 bridgehead atoms. The maximum atomic E-state index is 13.1. The lowest BCUT2D eigenvalue weighted by molar-refractivity contribution is 0.101. The molecule has 76 valence electrons. The number of hydrogen-bond donors (Lipinski definition) is 0. The van der Waals surface area contributed by atoms with E-state index in [1.807, 2.05) is 0 Å². The smallest absolute Gasteiger partial charge is 0.216 e. The monoisotopic (exact) mass is 204 g/mol. The minimum atomic E-state index is -0.425. The fourth-order valence-corrected chi connectivity index (χ4v) is 1.31. The zero-order valence-electron chi connectivity index (χ0n) is 8.14. The van der Waals surface area contributed by atoms with Gasteiger partial charge >= 0.3 is 0 Å². The average molecular weight is 204 g/mol. The second-order valence-corrected chi connectivity index (χ2v) is 3.17. The number of halogens is 1. The minimum absolute atomic E-state index is 0.0116. The molecule has 3 nitrogen and oxygen atoms in total. The predicted molar refractivity (Wildman–Crippen MR) is 53.5 cm³/mol. The lowest BCUT2D eigenvalue weighted by atomic mass is 10.1. The van der Waals surface area contributed by atoms with Crippen LogP contribution in [0.5, 0.6) is 0 Å². The molecule has 1 heterocycles. The van der Waals surface area contributed by atoms with Crippen molar-refractivity contribution in [3.8, 4) is 5.69 Å². The van der Waals surface area contributed by atoms with Crippen molar-refractivity contribution in [2.75, 3.05) is 0 Å². The highest BCUT2D eigenvalue weighted by Gasteiger charge is 2.04. The van der Waals surface area contributed by atoms with Gasteiger partial charge in [-0.25, -0.2) is 4.68 Å². The van der Waals surface area contributed by atoms with Crippen LogP contribution >= 0.6 is 0 Å². The van der Waals surface area contributed by atoms with E-state index in [-0.39, 0.29) is 5.78 Å². The van der Waals surface area contributed by atoms with Gasteiger partial charge in [-0.3, -0.25) is 4.79 Å². The van der Waals surface area contributed by atoms with Gasteiger partial charge in [0.2, 0.25) is 5.95 Å². The van der Waals surface area contributed by atoms with Crippen molar-refractivity contribution in [1.29, 1.82) is 0 Å². The summed E-state index contributed by atoms with van der Waals surface area (Å²) in [7, 11) is 0. The summed E-state index contributed by atoms with van der Waals surface area (Å²) in [5, 5.41) is 3.82. The molecule has 0 radical (unpaired) electrons. The third-order valence-electron chi connectivity index (χ3n) is 2.11. The molecule has 0 spiro atoms. The van der Waals surface area contributed by atoms with Gasteiger partial charge in [-0.2, -0.15) is 9.49 Å². The van der Waals surface area contributed by atoms with Gasteiger partial charge in [0.15, 0.2) is 5.78 Å². The number of ketones is 1. The summed E-state index contributed by atoms with van der Waals surface area (Å²) in [4.78, 5) is 11.0. The van der Waals surface area contributed by atoms with Crippen LogP contribution in [0.25, 0.3) is 5.69 Å². The Balaban J connectivity index is 2.40. The van der Waals surface area contributed by atoms with Crippen LogP contribution in [0.4, 0.5) is 4.39 Å². The largest absolute Gasteiger partial charge is 0.295 e. The van der Waals surface area contributed by atoms with Crippen LogP contribution in [0.1, 0.15) is 17.3 Å². The zero-order valence-corrected chi connectivity index (χ0v) is 8.14. The van der Waals surface area contributed by atoms with Gasteiger partial charge in [0, 0.05) is 11.6 Å². The Morgan fingerprint density at radius 2 is 1.93 bits per heavy atom. The maximum absolute atomic E-state index is 13.1. The lowest BCUT2D eigenvalue weighted by Gasteiger charge is -2.02. The molecule has 0 unspecified atom stereocenters. The van der Waals surface area contributed by atoms with E-state index < -0.39 is 5.95 Å². The van der Waals surface area contributed by atoms with E-state index in [2.05, 4.69) is 5.10 Å². The highest BCUT2D eigenvalue weighted by atomic mass is 19.1. The molecule has 0 saturated heterocycles. The lowest BCUT2D eigenvalue weighted by Crippen LogP contribution is -2.00. The van der Waals surface area contributed by atoms with E-state index in [0.29, 0.717) is 11.3 Å². The summed E-state index contributed by atoms with van der Waals surface area (Å²) in [6.07, 6.45) is 1.38. The van der Waals surface area contributed by atoms with Crippen molar-refractivity contribution in [1.82, 2.24) is 9.78 Å². The van der Waals surface area contributed by atoms with Gasteiger partial charge in [0.25, 0.3) is 0 Å². The van der Waals surface area contributed by atoms with E-state index in [9.17, 15) is 9.18 Å². The van der Waals surface area contributed by atoms with Crippen molar-refractivity contribution in [3.63, 3.8) is 0 Å². The topological polar surface area (TPSA) is 34.9 Å². The van der Waals surface area contributed by atoms with Crippen molar-refractivity contribution in [3.05, 3.63) is 48.0 Å². The Morgan fingerprint density at radius 3 is 2.40 bits per heavy atom. The first-order chi connectivity index (χ1) is 7.18. The molecule has 4 heteroatoms. The summed E-state index contributed by atoms with van der Waals surface area (Å²) in [6.45, 7) is 1.49. The Hall–Kier alpha value is -1.97. The molecule has 0 N–H and O–H groups in total. The predicted octanol–water partition coefficient (Wildman–Crippen LogP) is 2.21. The summed E-state index contributed by atoms with van der Waals surface area (Å²) in [5.74, 6) is -0.437. The van der Waals surface area contributed by atoms with Crippen LogP contribution in [0.15, 0.2) is 36.5 Å². The fraction of sp³-hybridized carbons (Fsp3) is 0.0909. The number of carbonyl (C=O) groups is 1. The standard InChI is InChI=1S/C11H9FN2O/c1-8(15)9-2-4-10(5-3-9)14-11(12)6-7-13-14/h2-7H,1H3. The van der Waals surface area contributed by atoms with Gasteiger partial charge in [-0.05, 0) is 31.2 Å². The van der Waals surface area contributed by atoms with Gasteiger partial charge in [-0.15, -0.1) is 0 Å². The van der Waals surface area contributed by atoms with Crippen LogP contribution in [0.2, 0.25) is 0 Å². The number of benzene rings is 1. The molecule has 0 saturated carbocycles. The van der Waals surface area contributed by atoms with Gasteiger partial charge in [0.1, 0.15) is 0 Å². The SMILES string of the molecule is CC(=O)c1ccc(-n2nccc2F)cc1. The summed E-state index contributed by atoms with van der Waals surface area (Å²) in [6, 6.07) is 7.90. The first kappa shape index (κ1) is 9.58. The van der Waals surface area contributed by atoms with Crippen molar-refractivity contribution >= 4 is 5.78 Å². The van der Waals surface area contributed by atoms with Crippen LogP contribution in [-0.4, -0.2) is 15.6 Å². The fourth-order valence-electron chi connectivity index (χ4n) is 1.31. The van der Waals surface area contributed by atoms with Crippen molar-refractivity contribution in [2.24, 2.45) is 0 Å². The molecule has 2 rings (SSSR count). The first-order valence-electron chi connectivity index (χ1n) is 4.49. The normalized spacial score (nSPS) is 10.3. The zero-order chi connectivity index (χ0) is 10.8. The van der Waals surface area contributed by atoms with Crippen LogP contribution in [-0.2, 0) is 0 Å². The summed E-state index contributed by atoms with van der Waals surface area (Å²) >= 11 is 0. The third-order valence-corrected chi connectivity index (χ3v) is 2.11. The maximum Gasteiger partial charge on any atom is 0.216 e. The molecule has 2 aromatic rings. The Morgan fingerprint density at radius 1 is 1.27 bits per heavy atom.